The van der Waals surface area contributed by atoms with E-state index in [9.17, 15) is 14.7 Å². The highest BCUT2D eigenvalue weighted by atomic mass is 16.5. The summed E-state index contributed by atoms with van der Waals surface area (Å²) in [5.41, 5.74) is 3.13. The molecule has 35 heavy (non-hydrogen) atoms. The van der Waals surface area contributed by atoms with Crippen LogP contribution in [0.25, 0.3) is 4.85 Å². The molecular weight excluding hydrogens is 444 g/mol. The maximum atomic E-state index is 13.1. The van der Waals surface area contributed by atoms with Crippen LogP contribution in [-0.2, 0) is 24.1 Å². The second-order valence-corrected chi connectivity index (χ2v) is 8.71. The summed E-state index contributed by atoms with van der Waals surface area (Å²) in [6.07, 6.45) is 0.953. The molecule has 0 aromatic heterocycles. The Morgan fingerprint density at radius 2 is 1.86 bits per heavy atom. The van der Waals surface area contributed by atoms with Crippen molar-refractivity contribution in [1.29, 1.82) is 0 Å². The quantitative estimate of drug-likeness (QED) is 0.472. The van der Waals surface area contributed by atoms with E-state index in [1.807, 2.05) is 25.1 Å². The number of nitrogens with zero attached hydrogens (tertiary/aromatic N) is 1. The fourth-order valence-electron chi connectivity index (χ4n) is 4.39. The third kappa shape index (κ3) is 5.12. The molecule has 0 bridgehead atoms. The lowest BCUT2D eigenvalue weighted by Gasteiger charge is -2.25. The van der Waals surface area contributed by atoms with Crippen LogP contribution in [0.3, 0.4) is 0 Å². The van der Waals surface area contributed by atoms with Gasteiger partial charge in [0, 0.05) is 24.8 Å². The highest BCUT2D eigenvalue weighted by Gasteiger charge is 2.45. The number of aryl methyl sites for hydroxylation is 1. The Hall–Kier alpha value is -4.31. The Bertz CT molecular complexity index is 1330. The molecule has 1 atom stereocenters. The van der Waals surface area contributed by atoms with Gasteiger partial charge in [0.1, 0.15) is 5.54 Å². The largest absolute Gasteiger partial charge is 0.493 e. The van der Waals surface area contributed by atoms with Gasteiger partial charge in [-0.3, -0.25) is 4.79 Å². The average molecular weight is 471 g/mol. The van der Waals surface area contributed by atoms with Gasteiger partial charge in [-0.25, -0.2) is 9.64 Å². The van der Waals surface area contributed by atoms with Gasteiger partial charge in [-0.05, 0) is 36.2 Å². The van der Waals surface area contributed by atoms with Crippen LogP contribution in [-0.4, -0.2) is 36.2 Å². The zero-order chi connectivity index (χ0) is 25.0. The van der Waals surface area contributed by atoms with Crippen molar-refractivity contribution in [3.8, 4) is 11.5 Å². The van der Waals surface area contributed by atoms with Crippen LogP contribution in [0.1, 0.15) is 32.6 Å². The fraction of sp³-hybridized carbons (Fsp3) is 0.250. The number of amides is 1. The highest BCUT2D eigenvalue weighted by molar-refractivity contribution is 5.99. The fourth-order valence-corrected chi connectivity index (χ4v) is 4.39. The molecule has 3 aromatic rings. The van der Waals surface area contributed by atoms with Gasteiger partial charge in [-0.2, -0.15) is 0 Å². The number of fused-ring (bicyclic) bond motifs is 1. The number of nitrogens with one attached hydrogen (secondary N) is 1. The number of hydrogen-bond acceptors (Lipinski definition) is 4. The number of ether oxygens (including phenoxy) is 2. The first-order valence-electron chi connectivity index (χ1n) is 11.2. The normalized spacial score (nSPS) is 16.1. The summed E-state index contributed by atoms with van der Waals surface area (Å²) in [4.78, 5) is 28.8. The number of carbonyl (C=O) groups is 2. The number of hydrogen-bond donors (Lipinski definition) is 2. The Morgan fingerprint density at radius 1 is 1.06 bits per heavy atom. The maximum absolute atomic E-state index is 13.1. The van der Waals surface area contributed by atoms with Gasteiger partial charge in [0.25, 0.3) is 5.91 Å². The van der Waals surface area contributed by atoms with Gasteiger partial charge in [-0.1, -0.05) is 53.6 Å². The molecule has 1 aliphatic carbocycles. The number of aliphatic carboxylic acids is 1. The summed E-state index contributed by atoms with van der Waals surface area (Å²) >= 11 is 0. The third-order valence-corrected chi connectivity index (χ3v) is 6.22. The van der Waals surface area contributed by atoms with E-state index in [-0.39, 0.29) is 18.4 Å². The van der Waals surface area contributed by atoms with E-state index in [1.54, 1.807) is 36.4 Å². The van der Waals surface area contributed by atoms with Crippen LogP contribution in [0.4, 0.5) is 5.69 Å². The minimum atomic E-state index is -1.48. The van der Waals surface area contributed by atoms with Crippen LogP contribution in [0.5, 0.6) is 11.5 Å². The maximum Gasteiger partial charge on any atom is 0.330 e. The summed E-state index contributed by atoms with van der Waals surface area (Å²) in [5.74, 6) is -0.737. The van der Waals surface area contributed by atoms with Gasteiger partial charge < -0.3 is 19.9 Å². The molecule has 0 heterocycles. The molecule has 1 aliphatic rings. The van der Waals surface area contributed by atoms with Crippen molar-refractivity contribution in [2.45, 2.75) is 31.7 Å². The summed E-state index contributed by atoms with van der Waals surface area (Å²) in [6, 6.07) is 18.0. The summed E-state index contributed by atoms with van der Waals surface area (Å²) in [7, 11) is 1.52. The summed E-state index contributed by atoms with van der Waals surface area (Å²) in [5, 5.41) is 12.8. The molecule has 0 saturated heterocycles. The van der Waals surface area contributed by atoms with Crippen LogP contribution in [0, 0.1) is 13.5 Å². The zero-order valence-corrected chi connectivity index (χ0v) is 19.6. The first-order chi connectivity index (χ1) is 16.8. The predicted octanol–water partition coefficient (Wildman–Crippen LogP) is 4.53. The van der Waals surface area contributed by atoms with Crippen LogP contribution in [0.2, 0.25) is 0 Å². The number of rotatable bonds is 8. The molecule has 0 radical (unpaired) electrons. The minimum absolute atomic E-state index is 0.114. The zero-order valence-electron chi connectivity index (χ0n) is 19.6. The number of methoxy groups -OCH3 is 1. The van der Waals surface area contributed by atoms with E-state index in [2.05, 4.69) is 16.2 Å². The van der Waals surface area contributed by atoms with Crippen molar-refractivity contribution in [2.75, 3.05) is 13.7 Å². The Kier molecular flexibility index (Phi) is 6.74. The minimum Gasteiger partial charge on any atom is -0.493 e. The topological polar surface area (TPSA) is 89.2 Å². The van der Waals surface area contributed by atoms with E-state index in [0.29, 0.717) is 30.2 Å². The van der Waals surface area contributed by atoms with Gasteiger partial charge in [0.15, 0.2) is 17.2 Å². The molecule has 4 rings (SSSR count). The van der Waals surface area contributed by atoms with Crippen molar-refractivity contribution in [1.82, 2.24) is 5.32 Å². The molecule has 0 aliphatic heterocycles. The van der Waals surface area contributed by atoms with Crippen molar-refractivity contribution in [2.24, 2.45) is 0 Å². The molecule has 1 unspecified atom stereocenters. The van der Waals surface area contributed by atoms with Gasteiger partial charge in [0.2, 0.25) is 0 Å². The smallest absolute Gasteiger partial charge is 0.330 e. The van der Waals surface area contributed by atoms with Crippen LogP contribution in [0.15, 0.2) is 60.7 Å². The van der Waals surface area contributed by atoms with E-state index < -0.39 is 17.4 Å². The Balaban J connectivity index is 1.50. The van der Waals surface area contributed by atoms with Crippen molar-refractivity contribution < 1.29 is 24.2 Å². The SMILES string of the molecule is [C-]#[N+]c1ccc2c(c1)CC(NC(=O)c1ccc(OC)c(OCCc3cccc(C)c3)c1)(C(=O)O)C2. The lowest BCUT2D eigenvalue weighted by Crippen LogP contribution is -2.55. The number of carboxylic acid groups (broad SMARTS) is 1. The molecule has 2 N–H and O–H groups in total. The van der Waals surface area contributed by atoms with Crippen molar-refractivity contribution in [3.63, 3.8) is 0 Å². The second-order valence-electron chi connectivity index (χ2n) is 8.71. The van der Waals surface area contributed by atoms with Crippen LogP contribution < -0.4 is 14.8 Å². The standard InChI is InChI=1S/C28H26N2O5/c1-18-5-4-6-19(13-18)11-12-35-25-15-20(8-10-24(25)34-3)26(31)30-28(27(32)33)16-21-7-9-23(29-2)14-22(21)17-28/h4-10,13-15H,11-12,16-17H2,1,3H3,(H,30,31)(H,32,33). The van der Waals surface area contributed by atoms with Gasteiger partial charge >= 0.3 is 5.97 Å². The molecule has 178 valence electrons. The van der Waals surface area contributed by atoms with Crippen molar-refractivity contribution >= 4 is 17.6 Å². The Morgan fingerprint density at radius 3 is 2.57 bits per heavy atom. The molecule has 0 spiro atoms. The molecular formula is C28H26N2O5. The number of carbonyl (C=O) groups excluding carboxylic acids is 1. The van der Waals surface area contributed by atoms with E-state index in [1.165, 1.54) is 12.7 Å². The first-order valence-corrected chi connectivity index (χ1v) is 11.2. The molecule has 7 heteroatoms. The van der Waals surface area contributed by atoms with Crippen molar-refractivity contribution in [3.05, 3.63) is 99.9 Å². The monoisotopic (exact) mass is 470 g/mol. The lowest BCUT2D eigenvalue weighted by molar-refractivity contribution is -0.144. The number of carboxylic acids is 1. The van der Waals surface area contributed by atoms with Gasteiger partial charge in [-0.15, -0.1) is 0 Å². The van der Waals surface area contributed by atoms with E-state index in [4.69, 9.17) is 16.0 Å². The lowest BCUT2D eigenvalue weighted by atomic mass is 9.95. The summed E-state index contributed by atoms with van der Waals surface area (Å²) in [6.45, 7) is 9.62. The molecule has 0 saturated carbocycles. The van der Waals surface area contributed by atoms with Crippen LogP contribution >= 0.6 is 0 Å². The van der Waals surface area contributed by atoms with Gasteiger partial charge in [0.05, 0.1) is 20.3 Å². The molecule has 3 aromatic carbocycles. The number of benzene rings is 3. The molecule has 7 nitrogen and oxygen atoms in total. The molecule has 0 fully saturated rings. The van der Waals surface area contributed by atoms with E-state index in [0.717, 1.165) is 16.7 Å². The summed E-state index contributed by atoms with van der Waals surface area (Å²) < 4.78 is 11.3. The van der Waals surface area contributed by atoms with E-state index >= 15 is 0 Å². The predicted molar refractivity (Wildman–Crippen MR) is 131 cm³/mol. The highest BCUT2D eigenvalue weighted by Crippen LogP contribution is 2.34. The Labute approximate surface area is 204 Å². The third-order valence-electron chi connectivity index (χ3n) is 6.22. The first kappa shape index (κ1) is 23.8. The average Bonchev–Trinajstić information content (AvgIpc) is 3.22. The molecule has 1 amide bonds. The second kappa shape index (κ2) is 9.90.